The smallest absolute Gasteiger partial charge is 0.354 e. The third kappa shape index (κ3) is 3.90. The molecule has 0 aliphatic rings. The van der Waals surface area contributed by atoms with Crippen LogP contribution in [0.5, 0.6) is 0 Å². The lowest BCUT2D eigenvalue weighted by atomic mass is 9.86. The molecule has 0 spiro atoms. The molecule has 2 aromatic carbocycles. The van der Waals surface area contributed by atoms with Crippen LogP contribution in [0.4, 0.5) is 0 Å². The summed E-state index contributed by atoms with van der Waals surface area (Å²) in [6.45, 7) is 2.30. The lowest BCUT2D eigenvalue weighted by Gasteiger charge is -2.22. The first-order chi connectivity index (χ1) is 10.2. The molecule has 1 unspecified atom stereocenters. The summed E-state index contributed by atoms with van der Waals surface area (Å²) >= 11 is 0. The minimum absolute atomic E-state index is 0.460. The molecule has 0 saturated carbocycles. The van der Waals surface area contributed by atoms with E-state index in [2.05, 4.69) is 5.48 Å². The maximum Gasteiger partial charge on any atom is 0.354 e. The Morgan fingerprint density at radius 1 is 1.05 bits per heavy atom. The number of carbonyl (C=O) groups excluding carboxylic acids is 1. The van der Waals surface area contributed by atoms with Crippen molar-refractivity contribution in [1.82, 2.24) is 5.48 Å². The zero-order valence-corrected chi connectivity index (χ0v) is 11.9. The standard InChI is InChI=1S/C17H19NO3/c1-2-18-21-17(20)16(19)15(13-9-5-3-6-10-13)14-11-7-4-8-12-14/h3-12,15-16,18-19H,2H2,1H3. The van der Waals surface area contributed by atoms with Crippen molar-refractivity contribution in [2.24, 2.45) is 0 Å². The normalized spacial score (nSPS) is 12.1. The van der Waals surface area contributed by atoms with Crippen molar-refractivity contribution in [3.63, 3.8) is 0 Å². The summed E-state index contributed by atoms with van der Waals surface area (Å²) in [6, 6.07) is 18.9. The van der Waals surface area contributed by atoms with Crippen LogP contribution in [0.25, 0.3) is 0 Å². The summed E-state index contributed by atoms with van der Waals surface area (Å²) in [7, 11) is 0. The average Bonchev–Trinajstić information content (AvgIpc) is 2.54. The number of hydrogen-bond donors (Lipinski definition) is 2. The van der Waals surface area contributed by atoms with Gasteiger partial charge in [0.25, 0.3) is 0 Å². The molecular formula is C17H19NO3. The highest BCUT2D eigenvalue weighted by Crippen LogP contribution is 2.28. The van der Waals surface area contributed by atoms with Gasteiger partial charge >= 0.3 is 5.97 Å². The van der Waals surface area contributed by atoms with Crippen LogP contribution in [-0.2, 0) is 9.63 Å². The van der Waals surface area contributed by atoms with Crippen molar-refractivity contribution in [3.8, 4) is 0 Å². The molecule has 0 saturated heterocycles. The van der Waals surface area contributed by atoms with Crippen molar-refractivity contribution in [2.75, 3.05) is 6.54 Å². The van der Waals surface area contributed by atoms with Gasteiger partial charge in [-0.2, -0.15) is 5.48 Å². The Balaban J connectivity index is 2.31. The first kappa shape index (κ1) is 15.2. The first-order valence-electron chi connectivity index (χ1n) is 6.95. The minimum atomic E-state index is -1.27. The molecule has 2 aromatic rings. The second-order valence-electron chi connectivity index (χ2n) is 4.66. The summed E-state index contributed by atoms with van der Waals surface area (Å²) in [4.78, 5) is 16.8. The van der Waals surface area contributed by atoms with E-state index in [0.29, 0.717) is 6.54 Å². The van der Waals surface area contributed by atoms with Crippen molar-refractivity contribution < 1.29 is 14.7 Å². The number of nitrogens with one attached hydrogen (secondary N) is 1. The predicted molar refractivity (Wildman–Crippen MR) is 80.5 cm³/mol. The molecule has 4 heteroatoms. The molecule has 0 aliphatic carbocycles. The molecular weight excluding hydrogens is 266 g/mol. The topological polar surface area (TPSA) is 58.6 Å². The third-order valence-electron chi connectivity index (χ3n) is 3.19. The second-order valence-corrected chi connectivity index (χ2v) is 4.66. The van der Waals surface area contributed by atoms with Crippen LogP contribution < -0.4 is 5.48 Å². The highest BCUT2D eigenvalue weighted by Gasteiger charge is 2.30. The zero-order valence-electron chi connectivity index (χ0n) is 11.9. The van der Waals surface area contributed by atoms with E-state index in [4.69, 9.17) is 4.84 Å². The van der Waals surface area contributed by atoms with E-state index in [1.54, 1.807) is 0 Å². The predicted octanol–water partition coefficient (Wildman–Crippen LogP) is 2.25. The molecule has 0 fully saturated rings. The monoisotopic (exact) mass is 285 g/mol. The molecule has 0 aromatic heterocycles. The largest absolute Gasteiger partial charge is 0.380 e. The number of carbonyl (C=O) groups is 1. The second kappa shape index (κ2) is 7.57. The molecule has 110 valence electrons. The first-order valence-corrected chi connectivity index (χ1v) is 6.95. The van der Waals surface area contributed by atoms with Crippen LogP contribution in [0, 0.1) is 0 Å². The highest BCUT2D eigenvalue weighted by molar-refractivity contribution is 5.76. The summed E-state index contributed by atoms with van der Waals surface area (Å²) in [5.41, 5.74) is 4.21. The van der Waals surface area contributed by atoms with Crippen LogP contribution >= 0.6 is 0 Å². The quantitative estimate of drug-likeness (QED) is 0.799. The molecule has 0 bridgehead atoms. The molecule has 2 N–H and O–H groups in total. The summed E-state index contributed by atoms with van der Waals surface area (Å²) in [6.07, 6.45) is -1.27. The fourth-order valence-electron chi connectivity index (χ4n) is 2.22. The number of hydroxylamine groups is 1. The SMILES string of the molecule is CCNOC(=O)C(O)C(c1ccccc1)c1ccccc1. The van der Waals surface area contributed by atoms with E-state index in [1.807, 2.05) is 67.6 Å². The van der Waals surface area contributed by atoms with Crippen LogP contribution in [0.1, 0.15) is 24.0 Å². The Labute approximate surface area is 124 Å². The van der Waals surface area contributed by atoms with Gasteiger partial charge in [0.15, 0.2) is 6.10 Å². The highest BCUT2D eigenvalue weighted by atomic mass is 16.7. The Kier molecular flexibility index (Phi) is 5.49. The van der Waals surface area contributed by atoms with Gasteiger partial charge in [0, 0.05) is 12.5 Å². The molecule has 1 atom stereocenters. The number of rotatable bonds is 6. The third-order valence-corrected chi connectivity index (χ3v) is 3.19. The molecule has 0 aliphatic heterocycles. The summed E-state index contributed by atoms with van der Waals surface area (Å²) < 4.78 is 0. The van der Waals surface area contributed by atoms with Crippen LogP contribution in [0.15, 0.2) is 60.7 Å². The lowest BCUT2D eigenvalue weighted by Crippen LogP contribution is -2.34. The molecule has 0 amide bonds. The molecule has 0 radical (unpaired) electrons. The van der Waals surface area contributed by atoms with Crippen LogP contribution in [0.2, 0.25) is 0 Å². The maximum absolute atomic E-state index is 12.0. The van der Waals surface area contributed by atoms with Gasteiger partial charge in [0.05, 0.1) is 0 Å². The molecule has 4 nitrogen and oxygen atoms in total. The van der Waals surface area contributed by atoms with Gasteiger partial charge in [-0.05, 0) is 18.1 Å². The zero-order chi connectivity index (χ0) is 15.1. The van der Waals surface area contributed by atoms with Gasteiger partial charge < -0.3 is 9.94 Å². The maximum atomic E-state index is 12.0. The van der Waals surface area contributed by atoms with E-state index in [0.717, 1.165) is 11.1 Å². The number of benzene rings is 2. The molecule has 0 heterocycles. The van der Waals surface area contributed by atoms with Gasteiger partial charge in [0.2, 0.25) is 0 Å². The van der Waals surface area contributed by atoms with Crippen LogP contribution in [-0.4, -0.2) is 23.7 Å². The molecule has 2 rings (SSSR count). The molecule has 21 heavy (non-hydrogen) atoms. The van der Waals surface area contributed by atoms with Crippen molar-refractivity contribution >= 4 is 5.97 Å². The van der Waals surface area contributed by atoms with Gasteiger partial charge in [-0.1, -0.05) is 60.7 Å². The van der Waals surface area contributed by atoms with E-state index in [-0.39, 0.29) is 0 Å². The van der Waals surface area contributed by atoms with E-state index in [1.165, 1.54) is 0 Å². The van der Waals surface area contributed by atoms with Crippen molar-refractivity contribution in [2.45, 2.75) is 18.9 Å². The van der Waals surface area contributed by atoms with Gasteiger partial charge in [0.1, 0.15) is 0 Å². The number of aliphatic hydroxyl groups excluding tert-OH is 1. The number of aliphatic hydroxyl groups is 1. The summed E-state index contributed by atoms with van der Waals surface area (Å²) in [5, 5.41) is 10.4. The minimum Gasteiger partial charge on any atom is -0.380 e. The van der Waals surface area contributed by atoms with Crippen LogP contribution in [0.3, 0.4) is 0 Å². The average molecular weight is 285 g/mol. The van der Waals surface area contributed by atoms with E-state index < -0.39 is 18.0 Å². The van der Waals surface area contributed by atoms with Gasteiger partial charge in [-0.25, -0.2) is 4.79 Å². The van der Waals surface area contributed by atoms with Crippen molar-refractivity contribution in [3.05, 3.63) is 71.8 Å². The number of hydrogen-bond acceptors (Lipinski definition) is 4. The van der Waals surface area contributed by atoms with Crippen molar-refractivity contribution in [1.29, 1.82) is 0 Å². The summed E-state index contributed by atoms with van der Waals surface area (Å²) in [5.74, 6) is -1.15. The Morgan fingerprint density at radius 3 is 1.95 bits per heavy atom. The fourth-order valence-corrected chi connectivity index (χ4v) is 2.22. The Hall–Kier alpha value is -2.17. The van der Waals surface area contributed by atoms with Gasteiger partial charge in [-0.15, -0.1) is 0 Å². The van der Waals surface area contributed by atoms with E-state index in [9.17, 15) is 9.90 Å². The Morgan fingerprint density at radius 2 is 1.52 bits per heavy atom. The Bertz CT molecular complexity index is 517. The lowest BCUT2D eigenvalue weighted by molar-refractivity contribution is -0.161. The van der Waals surface area contributed by atoms with E-state index >= 15 is 0 Å². The fraction of sp³-hybridized carbons (Fsp3) is 0.235. The van der Waals surface area contributed by atoms with Gasteiger partial charge in [-0.3, -0.25) is 0 Å².